The van der Waals surface area contributed by atoms with Crippen molar-refractivity contribution in [2.75, 3.05) is 19.3 Å². The summed E-state index contributed by atoms with van der Waals surface area (Å²) in [7, 11) is -3.32. The topological polar surface area (TPSA) is 55.2 Å². The summed E-state index contributed by atoms with van der Waals surface area (Å²) >= 11 is 6.87. The molecule has 1 aliphatic heterocycles. The molecule has 0 spiro atoms. The Morgan fingerprint density at radius 3 is 2.48 bits per heavy atom. The SMILES string of the molecule is CS(=O)(=O)N1CCC(Cc2ccccc2)(c2cc3cnn(-c4ccc(F)cc4)c3cc2Cl)C1. The molecule has 0 bridgehead atoms. The van der Waals surface area contributed by atoms with Crippen LogP contribution in [0.5, 0.6) is 0 Å². The molecule has 0 amide bonds. The van der Waals surface area contributed by atoms with Crippen molar-refractivity contribution in [1.29, 1.82) is 0 Å². The van der Waals surface area contributed by atoms with Crippen LogP contribution in [0.2, 0.25) is 5.02 Å². The summed E-state index contributed by atoms with van der Waals surface area (Å²) in [5.74, 6) is -0.310. The van der Waals surface area contributed by atoms with Crippen LogP contribution in [0.3, 0.4) is 0 Å². The molecular formula is C25H23ClFN3O2S. The highest BCUT2D eigenvalue weighted by atomic mass is 35.5. The number of aromatic nitrogens is 2. The third-order valence-electron chi connectivity index (χ3n) is 6.47. The summed E-state index contributed by atoms with van der Waals surface area (Å²) < 4.78 is 41.3. The van der Waals surface area contributed by atoms with Gasteiger partial charge in [-0.1, -0.05) is 41.9 Å². The lowest BCUT2D eigenvalue weighted by Gasteiger charge is -2.31. The molecule has 3 aromatic carbocycles. The zero-order valence-electron chi connectivity index (χ0n) is 18.1. The summed E-state index contributed by atoms with van der Waals surface area (Å²) in [5, 5.41) is 5.95. The molecule has 0 aliphatic carbocycles. The Bertz CT molecular complexity index is 1420. The van der Waals surface area contributed by atoms with Gasteiger partial charge in [-0.3, -0.25) is 0 Å². The molecule has 5 nitrogen and oxygen atoms in total. The fourth-order valence-corrected chi connectivity index (χ4v) is 6.07. The minimum absolute atomic E-state index is 0.310. The van der Waals surface area contributed by atoms with E-state index in [9.17, 15) is 12.8 Å². The number of hydrogen-bond acceptors (Lipinski definition) is 3. The van der Waals surface area contributed by atoms with Gasteiger partial charge in [0.25, 0.3) is 0 Å². The van der Waals surface area contributed by atoms with Crippen molar-refractivity contribution in [2.24, 2.45) is 0 Å². The lowest BCUT2D eigenvalue weighted by Crippen LogP contribution is -2.36. The first-order valence-corrected chi connectivity index (χ1v) is 12.9. The molecular weight excluding hydrogens is 461 g/mol. The van der Waals surface area contributed by atoms with E-state index in [-0.39, 0.29) is 5.82 Å². The van der Waals surface area contributed by atoms with Gasteiger partial charge in [-0.05, 0) is 60.4 Å². The molecule has 0 saturated carbocycles. The largest absolute Gasteiger partial charge is 0.233 e. The molecule has 1 atom stereocenters. The van der Waals surface area contributed by atoms with Crippen LogP contribution in [0.25, 0.3) is 16.6 Å². The Kier molecular flexibility index (Phi) is 5.51. The predicted octanol–water partition coefficient (Wildman–Crippen LogP) is 4.96. The zero-order valence-corrected chi connectivity index (χ0v) is 19.7. The van der Waals surface area contributed by atoms with Crippen LogP contribution in [0.15, 0.2) is 72.9 Å². The molecule has 1 aromatic heterocycles. The number of sulfonamides is 1. The average Bonchev–Trinajstić information content (AvgIpc) is 3.39. The van der Waals surface area contributed by atoms with Crippen LogP contribution in [0, 0.1) is 5.82 Å². The molecule has 0 N–H and O–H groups in total. The molecule has 4 aromatic rings. The average molecular weight is 484 g/mol. The molecule has 2 heterocycles. The van der Waals surface area contributed by atoms with Crippen LogP contribution >= 0.6 is 11.6 Å². The van der Waals surface area contributed by atoms with E-state index in [1.165, 1.54) is 18.4 Å². The maximum atomic E-state index is 13.4. The van der Waals surface area contributed by atoms with Gasteiger partial charge in [0.1, 0.15) is 5.82 Å². The van der Waals surface area contributed by atoms with Crippen molar-refractivity contribution in [2.45, 2.75) is 18.3 Å². The molecule has 33 heavy (non-hydrogen) atoms. The number of fused-ring (bicyclic) bond motifs is 1. The van der Waals surface area contributed by atoms with Crippen LogP contribution in [-0.2, 0) is 21.9 Å². The molecule has 1 aliphatic rings. The number of rotatable bonds is 5. The van der Waals surface area contributed by atoms with E-state index in [4.69, 9.17) is 11.6 Å². The molecule has 1 unspecified atom stereocenters. The van der Waals surface area contributed by atoms with E-state index in [2.05, 4.69) is 17.2 Å². The molecule has 8 heteroatoms. The summed E-state index contributed by atoms with van der Waals surface area (Å²) in [6.07, 6.45) is 4.37. The molecule has 1 saturated heterocycles. The van der Waals surface area contributed by atoms with E-state index in [1.807, 2.05) is 30.3 Å². The Morgan fingerprint density at radius 2 is 1.82 bits per heavy atom. The fourth-order valence-electron chi connectivity index (χ4n) is 4.81. The van der Waals surface area contributed by atoms with Crippen LogP contribution < -0.4 is 0 Å². The predicted molar refractivity (Wildman–Crippen MR) is 129 cm³/mol. The smallest absolute Gasteiger partial charge is 0.211 e. The Labute approximate surface area is 197 Å². The van der Waals surface area contributed by atoms with E-state index in [1.54, 1.807) is 27.3 Å². The van der Waals surface area contributed by atoms with Gasteiger partial charge >= 0.3 is 0 Å². The van der Waals surface area contributed by atoms with Gasteiger partial charge in [-0.25, -0.2) is 21.8 Å². The second-order valence-electron chi connectivity index (χ2n) is 8.71. The van der Waals surface area contributed by atoms with Crippen LogP contribution in [0.4, 0.5) is 4.39 Å². The van der Waals surface area contributed by atoms with Gasteiger partial charge in [-0.2, -0.15) is 5.10 Å². The lowest BCUT2D eigenvalue weighted by molar-refractivity contribution is 0.417. The fraction of sp³-hybridized carbons (Fsp3) is 0.240. The lowest BCUT2D eigenvalue weighted by atomic mass is 9.74. The summed E-state index contributed by atoms with van der Waals surface area (Å²) in [5.41, 5.74) is 3.14. The van der Waals surface area contributed by atoms with Crippen LogP contribution in [-0.4, -0.2) is 41.8 Å². The molecule has 5 rings (SSSR count). The summed E-state index contributed by atoms with van der Waals surface area (Å²) in [4.78, 5) is 0. The van der Waals surface area contributed by atoms with Gasteiger partial charge < -0.3 is 0 Å². The van der Waals surface area contributed by atoms with Gasteiger partial charge in [0.15, 0.2) is 0 Å². The summed E-state index contributed by atoms with van der Waals surface area (Å²) in [6, 6.07) is 20.1. The van der Waals surface area contributed by atoms with E-state index >= 15 is 0 Å². The Morgan fingerprint density at radius 1 is 1.09 bits per heavy atom. The van der Waals surface area contributed by atoms with E-state index in [0.717, 1.165) is 27.7 Å². The quantitative estimate of drug-likeness (QED) is 0.403. The highest BCUT2D eigenvalue weighted by Crippen LogP contribution is 2.43. The van der Waals surface area contributed by atoms with Crippen LogP contribution in [0.1, 0.15) is 17.5 Å². The Hall–Kier alpha value is -2.74. The first-order chi connectivity index (χ1) is 15.7. The maximum absolute atomic E-state index is 13.4. The molecule has 170 valence electrons. The first-order valence-electron chi connectivity index (χ1n) is 10.7. The zero-order chi connectivity index (χ0) is 23.2. The first kappa shape index (κ1) is 22.1. The Balaban J connectivity index is 1.62. The van der Waals surface area contributed by atoms with Crippen molar-refractivity contribution < 1.29 is 12.8 Å². The van der Waals surface area contributed by atoms with E-state index < -0.39 is 15.4 Å². The minimum atomic E-state index is -3.32. The second-order valence-corrected chi connectivity index (χ2v) is 11.1. The van der Waals surface area contributed by atoms with E-state index in [0.29, 0.717) is 31.0 Å². The molecule has 1 fully saturated rings. The minimum Gasteiger partial charge on any atom is -0.233 e. The highest BCUT2D eigenvalue weighted by molar-refractivity contribution is 7.88. The number of halogens is 2. The normalized spacial score (nSPS) is 19.4. The van der Waals surface area contributed by atoms with Crippen molar-refractivity contribution in [3.05, 3.63) is 94.9 Å². The maximum Gasteiger partial charge on any atom is 0.211 e. The third kappa shape index (κ3) is 4.16. The standard InChI is InChI=1S/C25H23ClFN3O2S/c1-33(31,32)29-12-11-25(17-29,15-18-5-3-2-4-6-18)22-13-19-16-28-30(24(19)14-23(22)26)21-9-7-20(27)8-10-21/h2-10,13-14,16H,11-12,15,17H2,1H3. The number of hydrogen-bond donors (Lipinski definition) is 0. The molecule has 0 radical (unpaired) electrons. The number of nitrogens with zero attached hydrogens (tertiary/aromatic N) is 3. The third-order valence-corrected chi connectivity index (χ3v) is 8.03. The van der Waals surface area contributed by atoms with Gasteiger partial charge in [0, 0.05) is 28.9 Å². The van der Waals surface area contributed by atoms with Crippen molar-refractivity contribution in [3.63, 3.8) is 0 Å². The van der Waals surface area contributed by atoms with Crippen molar-refractivity contribution >= 4 is 32.5 Å². The van der Waals surface area contributed by atoms with Gasteiger partial charge in [0.2, 0.25) is 10.0 Å². The number of benzene rings is 3. The van der Waals surface area contributed by atoms with Gasteiger partial charge in [0.05, 0.1) is 23.7 Å². The highest BCUT2D eigenvalue weighted by Gasteiger charge is 2.44. The summed E-state index contributed by atoms with van der Waals surface area (Å²) in [6.45, 7) is 0.826. The monoisotopic (exact) mass is 483 g/mol. The van der Waals surface area contributed by atoms with Crippen molar-refractivity contribution in [3.8, 4) is 5.69 Å². The van der Waals surface area contributed by atoms with Gasteiger partial charge in [-0.15, -0.1) is 0 Å². The van der Waals surface area contributed by atoms with Crippen molar-refractivity contribution in [1.82, 2.24) is 14.1 Å². The second kappa shape index (κ2) is 8.24.